The van der Waals surface area contributed by atoms with Crippen molar-refractivity contribution in [3.05, 3.63) is 18.2 Å². The van der Waals surface area contributed by atoms with Crippen LogP contribution in [0.15, 0.2) is 18.2 Å². The molecule has 0 amide bonds. The number of rotatable bonds is 5. The first-order valence-electron chi connectivity index (χ1n) is 8.29. The molecular weight excluding hydrogens is 305 g/mol. The molecular formula is C17H30BN3O3. The van der Waals surface area contributed by atoms with Gasteiger partial charge in [0.25, 0.3) is 0 Å². The molecule has 0 bridgehead atoms. The number of nitrogen functional groups attached to an aromatic ring is 1. The van der Waals surface area contributed by atoms with Gasteiger partial charge in [-0.1, -0.05) is 6.07 Å². The molecule has 2 rings (SSSR count). The van der Waals surface area contributed by atoms with Crippen LogP contribution in [0.5, 0.6) is 0 Å². The Bertz CT molecular complexity index is 583. The van der Waals surface area contributed by atoms with Gasteiger partial charge in [0.05, 0.1) is 34.7 Å². The topological polar surface area (TPSA) is 80.0 Å². The minimum Gasteiger partial charge on any atom is -0.399 e. The van der Waals surface area contributed by atoms with E-state index in [1.54, 1.807) is 20.9 Å². The van der Waals surface area contributed by atoms with Gasteiger partial charge in [-0.2, -0.15) is 0 Å². The van der Waals surface area contributed by atoms with Crippen molar-refractivity contribution in [1.82, 2.24) is 5.43 Å². The molecule has 0 aromatic heterocycles. The second-order valence-corrected chi connectivity index (χ2v) is 8.03. The van der Waals surface area contributed by atoms with E-state index < -0.39 is 12.7 Å². The van der Waals surface area contributed by atoms with Crippen LogP contribution in [0.1, 0.15) is 41.5 Å². The maximum absolute atomic E-state index is 10.1. The molecule has 1 aromatic rings. The third-order valence-electron chi connectivity index (χ3n) is 4.68. The van der Waals surface area contributed by atoms with Crippen molar-refractivity contribution in [3.8, 4) is 0 Å². The minimum absolute atomic E-state index is 0.386. The van der Waals surface area contributed by atoms with Crippen LogP contribution in [0.4, 0.5) is 11.4 Å². The average molecular weight is 335 g/mol. The SMILES string of the molecule is CNN(CC(C)(C)O)c1ccc(B2OC(C)(C)C(C)(C)O2)cc1N. The molecule has 1 fully saturated rings. The smallest absolute Gasteiger partial charge is 0.399 e. The van der Waals surface area contributed by atoms with Gasteiger partial charge in [-0.05, 0) is 59.1 Å². The highest BCUT2D eigenvalue weighted by atomic mass is 16.7. The lowest BCUT2D eigenvalue weighted by molar-refractivity contribution is 0.00578. The average Bonchev–Trinajstić information content (AvgIpc) is 2.64. The number of hydrazine groups is 1. The molecule has 1 aromatic carbocycles. The second kappa shape index (κ2) is 6.22. The lowest BCUT2D eigenvalue weighted by atomic mass is 9.79. The lowest BCUT2D eigenvalue weighted by Gasteiger charge is -2.32. The quantitative estimate of drug-likeness (QED) is 0.427. The van der Waals surface area contributed by atoms with Gasteiger partial charge in [-0.3, -0.25) is 0 Å². The summed E-state index contributed by atoms with van der Waals surface area (Å²) in [4.78, 5) is 0. The summed E-state index contributed by atoms with van der Waals surface area (Å²) in [5, 5.41) is 11.9. The molecule has 1 saturated heterocycles. The highest BCUT2D eigenvalue weighted by Gasteiger charge is 2.51. The normalized spacial score (nSPS) is 19.6. The molecule has 1 aliphatic heterocycles. The van der Waals surface area contributed by atoms with E-state index in [9.17, 15) is 5.11 Å². The van der Waals surface area contributed by atoms with Crippen molar-refractivity contribution >= 4 is 24.0 Å². The summed E-state index contributed by atoms with van der Waals surface area (Å²) in [7, 11) is 1.36. The molecule has 0 unspecified atom stereocenters. The van der Waals surface area contributed by atoms with Crippen LogP contribution in [0.2, 0.25) is 0 Å². The molecule has 7 heteroatoms. The first-order chi connectivity index (χ1) is 10.9. The monoisotopic (exact) mass is 335 g/mol. The van der Waals surface area contributed by atoms with Crippen molar-refractivity contribution < 1.29 is 14.4 Å². The van der Waals surface area contributed by atoms with E-state index in [4.69, 9.17) is 15.0 Å². The summed E-state index contributed by atoms with van der Waals surface area (Å²) < 4.78 is 12.1. The summed E-state index contributed by atoms with van der Waals surface area (Å²) in [5.41, 5.74) is 9.97. The Morgan fingerprint density at radius 1 is 1.21 bits per heavy atom. The van der Waals surface area contributed by atoms with Crippen molar-refractivity contribution in [2.24, 2.45) is 0 Å². The number of nitrogens with zero attached hydrogens (tertiary/aromatic N) is 1. The molecule has 24 heavy (non-hydrogen) atoms. The standard InChI is InChI=1S/C17H30BN3O3/c1-15(2,22)11-21(20-7)14-9-8-12(10-13(14)19)18-23-16(3,4)17(5,6)24-18/h8-10,20,22H,11,19H2,1-7H3. The zero-order valence-corrected chi connectivity index (χ0v) is 15.8. The van der Waals surface area contributed by atoms with Gasteiger partial charge in [0.1, 0.15) is 0 Å². The number of aliphatic hydroxyl groups is 1. The van der Waals surface area contributed by atoms with E-state index >= 15 is 0 Å². The first kappa shape index (κ1) is 19.1. The fraction of sp³-hybridized carbons (Fsp3) is 0.647. The summed E-state index contributed by atoms with van der Waals surface area (Å²) in [6.07, 6.45) is 0. The van der Waals surface area contributed by atoms with Crippen molar-refractivity contribution in [3.63, 3.8) is 0 Å². The van der Waals surface area contributed by atoms with E-state index in [1.807, 2.05) is 50.9 Å². The second-order valence-electron chi connectivity index (χ2n) is 8.03. The Hall–Kier alpha value is -1.28. The van der Waals surface area contributed by atoms with Gasteiger partial charge in [0, 0.05) is 7.05 Å². The van der Waals surface area contributed by atoms with Crippen LogP contribution >= 0.6 is 0 Å². The van der Waals surface area contributed by atoms with Gasteiger partial charge in [0.2, 0.25) is 0 Å². The van der Waals surface area contributed by atoms with Crippen LogP contribution in [-0.4, -0.2) is 42.6 Å². The zero-order valence-electron chi connectivity index (χ0n) is 15.8. The molecule has 0 saturated carbocycles. The van der Waals surface area contributed by atoms with Gasteiger partial charge in [-0.15, -0.1) is 0 Å². The Kier molecular flexibility index (Phi) is 4.94. The van der Waals surface area contributed by atoms with Gasteiger partial charge in [-0.25, -0.2) is 5.43 Å². The third-order valence-corrected chi connectivity index (χ3v) is 4.68. The third kappa shape index (κ3) is 3.86. The van der Waals surface area contributed by atoms with Crippen molar-refractivity contribution in [2.45, 2.75) is 58.3 Å². The van der Waals surface area contributed by atoms with E-state index in [0.717, 1.165) is 11.2 Å². The maximum atomic E-state index is 10.1. The van der Waals surface area contributed by atoms with E-state index in [-0.39, 0.29) is 11.2 Å². The first-order valence-corrected chi connectivity index (χ1v) is 8.29. The summed E-state index contributed by atoms with van der Waals surface area (Å²) >= 11 is 0. The predicted octanol–water partition coefficient (Wildman–Crippen LogP) is 1.28. The zero-order chi connectivity index (χ0) is 18.3. The molecule has 0 aliphatic carbocycles. The Balaban J connectivity index is 2.24. The van der Waals surface area contributed by atoms with E-state index in [2.05, 4.69) is 5.43 Å². The molecule has 0 atom stereocenters. The van der Waals surface area contributed by atoms with Crippen LogP contribution in [-0.2, 0) is 9.31 Å². The molecule has 0 spiro atoms. The number of hydrogen-bond donors (Lipinski definition) is 3. The van der Waals surface area contributed by atoms with Gasteiger partial charge < -0.3 is 25.2 Å². The Morgan fingerprint density at radius 2 is 1.75 bits per heavy atom. The van der Waals surface area contributed by atoms with Gasteiger partial charge >= 0.3 is 7.12 Å². The summed E-state index contributed by atoms with van der Waals surface area (Å²) in [6, 6.07) is 5.73. The molecule has 4 N–H and O–H groups in total. The summed E-state index contributed by atoms with van der Waals surface area (Å²) in [5.74, 6) is 0. The summed E-state index contributed by atoms with van der Waals surface area (Å²) in [6.45, 7) is 12.0. The largest absolute Gasteiger partial charge is 0.494 e. The molecule has 1 heterocycles. The molecule has 0 radical (unpaired) electrons. The Morgan fingerprint density at radius 3 is 2.17 bits per heavy atom. The number of nitrogens with two attached hydrogens (primary N) is 1. The minimum atomic E-state index is -0.847. The fourth-order valence-corrected chi connectivity index (χ4v) is 2.62. The fourth-order valence-electron chi connectivity index (χ4n) is 2.62. The highest BCUT2D eigenvalue weighted by molar-refractivity contribution is 6.62. The lowest BCUT2D eigenvalue weighted by Crippen LogP contribution is -2.45. The highest BCUT2D eigenvalue weighted by Crippen LogP contribution is 2.36. The van der Waals surface area contributed by atoms with Crippen molar-refractivity contribution in [1.29, 1.82) is 0 Å². The maximum Gasteiger partial charge on any atom is 0.494 e. The van der Waals surface area contributed by atoms with E-state index in [0.29, 0.717) is 12.2 Å². The molecule has 134 valence electrons. The van der Waals surface area contributed by atoms with Crippen LogP contribution in [0.3, 0.4) is 0 Å². The molecule has 6 nitrogen and oxygen atoms in total. The van der Waals surface area contributed by atoms with Crippen LogP contribution < -0.4 is 21.6 Å². The number of benzene rings is 1. The van der Waals surface area contributed by atoms with E-state index in [1.165, 1.54) is 0 Å². The van der Waals surface area contributed by atoms with Crippen LogP contribution in [0, 0.1) is 0 Å². The van der Waals surface area contributed by atoms with Crippen molar-refractivity contribution in [2.75, 3.05) is 24.3 Å². The van der Waals surface area contributed by atoms with Gasteiger partial charge in [0.15, 0.2) is 0 Å². The number of hydrogen-bond acceptors (Lipinski definition) is 6. The predicted molar refractivity (Wildman–Crippen MR) is 99.3 cm³/mol. The Labute approximate surface area is 145 Å². The van der Waals surface area contributed by atoms with Crippen LogP contribution in [0.25, 0.3) is 0 Å². The molecule has 1 aliphatic rings. The number of nitrogens with one attached hydrogen (secondary N) is 1. The number of anilines is 2.